The first-order chi connectivity index (χ1) is 14.1. The fraction of sp³-hybridized carbons (Fsp3) is 0.417. The topological polar surface area (TPSA) is 62.6 Å². The molecule has 30 heavy (non-hydrogen) atoms. The smallest absolute Gasteiger partial charge is 0.270 e. The maximum absolute atomic E-state index is 13.6. The van der Waals surface area contributed by atoms with Gasteiger partial charge in [-0.1, -0.05) is 32.4 Å². The zero-order chi connectivity index (χ0) is 21.5. The number of fused-ring (bicyclic) bond motifs is 2. The Labute approximate surface area is 182 Å². The van der Waals surface area contributed by atoms with Gasteiger partial charge in [-0.2, -0.15) is 0 Å². The normalized spacial score (nSPS) is 25.3. The number of likely N-dealkylation sites (tertiary alicyclic amines) is 1. The van der Waals surface area contributed by atoms with E-state index in [-0.39, 0.29) is 34.4 Å². The van der Waals surface area contributed by atoms with Crippen molar-refractivity contribution in [2.75, 3.05) is 6.54 Å². The maximum Gasteiger partial charge on any atom is 0.270 e. The first kappa shape index (κ1) is 20.7. The second-order valence-electron chi connectivity index (χ2n) is 9.68. The van der Waals surface area contributed by atoms with Gasteiger partial charge in [-0.3, -0.25) is 9.59 Å². The van der Waals surface area contributed by atoms with Crippen LogP contribution in [0.4, 0.5) is 0 Å². The lowest BCUT2D eigenvalue weighted by molar-refractivity contribution is -0.128. The van der Waals surface area contributed by atoms with Gasteiger partial charge >= 0.3 is 0 Å². The summed E-state index contributed by atoms with van der Waals surface area (Å²) < 4.78 is 5.40. The molecule has 2 bridgehead atoms. The highest BCUT2D eigenvalue weighted by molar-refractivity contribution is 6.30. The van der Waals surface area contributed by atoms with Gasteiger partial charge in [-0.25, -0.2) is 0 Å². The Kier molecular flexibility index (Phi) is 5.27. The summed E-state index contributed by atoms with van der Waals surface area (Å²) in [6, 6.07) is 10.3. The second kappa shape index (κ2) is 7.62. The third kappa shape index (κ3) is 4.31. The predicted octanol–water partition coefficient (Wildman–Crippen LogP) is 5.13. The van der Waals surface area contributed by atoms with E-state index in [0.29, 0.717) is 22.9 Å². The van der Waals surface area contributed by atoms with Crippen LogP contribution < -0.4 is 5.32 Å². The molecular formula is C24H27ClN2O3. The standard InChI is InChI=1S/C24H27ClN2O3/c1-23(2)12-18-13-24(3,14-23)15-27(18)22(29)20(11-19-5-4-10-30-19)26-21(28)16-6-8-17(25)9-7-16/h4-11,18H,12-15H2,1-3H3,(H,26,28). The molecular weight excluding hydrogens is 400 g/mol. The zero-order valence-electron chi connectivity index (χ0n) is 17.6. The third-order valence-electron chi connectivity index (χ3n) is 6.09. The van der Waals surface area contributed by atoms with Crippen molar-refractivity contribution in [2.24, 2.45) is 10.8 Å². The minimum Gasteiger partial charge on any atom is -0.465 e. The summed E-state index contributed by atoms with van der Waals surface area (Å²) in [6.45, 7) is 7.50. The lowest BCUT2D eigenvalue weighted by Crippen LogP contribution is -2.42. The van der Waals surface area contributed by atoms with Gasteiger partial charge in [0.25, 0.3) is 11.8 Å². The molecule has 2 heterocycles. The zero-order valence-corrected chi connectivity index (χ0v) is 18.3. The van der Waals surface area contributed by atoms with Crippen molar-refractivity contribution in [3.8, 4) is 0 Å². The van der Waals surface area contributed by atoms with Crippen LogP contribution in [-0.4, -0.2) is 29.3 Å². The van der Waals surface area contributed by atoms with Gasteiger partial charge in [-0.15, -0.1) is 0 Å². The molecule has 1 aliphatic carbocycles. The Bertz CT molecular complexity index is 978. The second-order valence-corrected chi connectivity index (χ2v) is 10.1. The number of hydrogen-bond donors (Lipinski definition) is 1. The van der Waals surface area contributed by atoms with Crippen molar-refractivity contribution in [3.63, 3.8) is 0 Å². The number of carbonyl (C=O) groups excluding carboxylic acids is 2. The number of amides is 2. The molecule has 1 aromatic heterocycles. The van der Waals surface area contributed by atoms with E-state index >= 15 is 0 Å². The monoisotopic (exact) mass is 426 g/mol. The third-order valence-corrected chi connectivity index (χ3v) is 6.34. The van der Waals surface area contributed by atoms with Crippen molar-refractivity contribution >= 4 is 29.5 Å². The minimum atomic E-state index is -0.355. The van der Waals surface area contributed by atoms with Crippen LogP contribution >= 0.6 is 11.6 Å². The maximum atomic E-state index is 13.6. The summed E-state index contributed by atoms with van der Waals surface area (Å²) in [6.07, 6.45) is 6.21. The van der Waals surface area contributed by atoms with Gasteiger partial charge in [-0.05, 0) is 66.5 Å². The summed E-state index contributed by atoms with van der Waals surface area (Å²) in [7, 11) is 0. The Hall–Kier alpha value is -2.53. The molecule has 1 aliphatic heterocycles. The highest BCUT2D eigenvalue weighted by Gasteiger charge is 2.51. The van der Waals surface area contributed by atoms with Crippen molar-refractivity contribution in [3.05, 3.63) is 64.7 Å². The first-order valence-corrected chi connectivity index (χ1v) is 10.7. The molecule has 4 rings (SSSR count). The molecule has 2 fully saturated rings. The van der Waals surface area contributed by atoms with E-state index in [1.807, 2.05) is 4.90 Å². The fourth-order valence-electron chi connectivity index (χ4n) is 5.31. The number of benzene rings is 1. The van der Waals surface area contributed by atoms with Gasteiger partial charge in [0.1, 0.15) is 11.5 Å². The molecule has 0 radical (unpaired) electrons. The van der Waals surface area contributed by atoms with E-state index in [0.717, 1.165) is 19.3 Å². The molecule has 1 saturated carbocycles. The van der Waals surface area contributed by atoms with Gasteiger partial charge in [0.05, 0.1) is 6.26 Å². The number of nitrogens with zero attached hydrogens (tertiary/aromatic N) is 1. The molecule has 2 aromatic rings. The number of furan rings is 1. The van der Waals surface area contributed by atoms with Gasteiger partial charge in [0.15, 0.2) is 0 Å². The molecule has 2 atom stereocenters. The van der Waals surface area contributed by atoms with Gasteiger partial charge < -0.3 is 14.6 Å². The summed E-state index contributed by atoms with van der Waals surface area (Å²) in [5.74, 6) is -0.00450. The van der Waals surface area contributed by atoms with Crippen LogP contribution in [0.15, 0.2) is 52.8 Å². The Morgan fingerprint density at radius 3 is 2.57 bits per heavy atom. The van der Waals surface area contributed by atoms with E-state index in [4.69, 9.17) is 16.0 Å². The molecule has 2 amide bonds. The molecule has 1 aromatic carbocycles. The van der Waals surface area contributed by atoms with Crippen LogP contribution in [0.5, 0.6) is 0 Å². The predicted molar refractivity (Wildman–Crippen MR) is 117 cm³/mol. The fourth-order valence-corrected chi connectivity index (χ4v) is 5.44. The summed E-state index contributed by atoms with van der Waals surface area (Å²) >= 11 is 5.92. The highest BCUT2D eigenvalue weighted by atomic mass is 35.5. The van der Waals surface area contributed by atoms with E-state index in [2.05, 4.69) is 26.1 Å². The van der Waals surface area contributed by atoms with Crippen molar-refractivity contribution in [2.45, 2.75) is 46.1 Å². The van der Waals surface area contributed by atoms with Crippen LogP contribution in [-0.2, 0) is 4.79 Å². The van der Waals surface area contributed by atoms with E-state index in [9.17, 15) is 9.59 Å². The lowest BCUT2D eigenvalue weighted by atomic mass is 9.65. The van der Waals surface area contributed by atoms with E-state index in [1.54, 1.807) is 48.7 Å². The number of hydrogen-bond acceptors (Lipinski definition) is 3. The molecule has 1 saturated heterocycles. The SMILES string of the molecule is CC1(C)CC2CC(C)(CN2C(=O)C(=Cc2ccco2)NC(=O)c2ccc(Cl)cc2)C1. The molecule has 6 heteroatoms. The van der Waals surface area contributed by atoms with Crippen molar-refractivity contribution in [1.82, 2.24) is 10.2 Å². The van der Waals surface area contributed by atoms with Crippen LogP contribution in [0, 0.1) is 10.8 Å². The molecule has 2 aliphatic rings. The number of carbonyl (C=O) groups is 2. The molecule has 2 unspecified atom stereocenters. The average Bonchev–Trinajstić information content (AvgIpc) is 3.25. The molecule has 0 spiro atoms. The highest BCUT2D eigenvalue weighted by Crippen LogP contribution is 2.52. The van der Waals surface area contributed by atoms with Gasteiger partial charge in [0, 0.05) is 29.2 Å². The minimum absolute atomic E-state index is 0.109. The number of nitrogens with one attached hydrogen (secondary N) is 1. The number of rotatable bonds is 4. The Morgan fingerprint density at radius 2 is 1.90 bits per heavy atom. The Morgan fingerprint density at radius 1 is 1.17 bits per heavy atom. The van der Waals surface area contributed by atoms with E-state index in [1.165, 1.54) is 0 Å². The summed E-state index contributed by atoms with van der Waals surface area (Å²) in [5, 5.41) is 3.36. The average molecular weight is 427 g/mol. The van der Waals surface area contributed by atoms with Gasteiger partial charge in [0.2, 0.25) is 0 Å². The largest absolute Gasteiger partial charge is 0.465 e. The van der Waals surface area contributed by atoms with Crippen LogP contribution in [0.1, 0.15) is 56.2 Å². The van der Waals surface area contributed by atoms with Crippen molar-refractivity contribution in [1.29, 1.82) is 0 Å². The molecule has 158 valence electrons. The van der Waals surface area contributed by atoms with Crippen LogP contribution in [0.2, 0.25) is 5.02 Å². The summed E-state index contributed by atoms with van der Waals surface area (Å²) in [4.78, 5) is 28.3. The van der Waals surface area contributed by atoms with E-state index < -0.39 is 0 Å². The van der Waals surface area contributed by atoms with Crippen molar-refractivity contribution < 1.29 is 14.0 Å². The lowest BCUT2D eigenvalue weighted by Gasteiger charge is -2.39. The number of halogens is 1. The van der Waals surface area contributed by atoms with Crippen LogP contribution in [0.3, 0.4) is 0 Å². The molecule has 5 nitrogen and oxygen atoms in total. The quantitative estimate of drug-likeness (QED) is 0.689. The Balaban J connectivity index is 1.61. The first-order valence-electron chi connectivity index (χ1n) is 10.3. The van der Waals surface area contributed by atoms with Crippen LogP contribution in [0.25, 0.3) is 6.08 Å². The summed E-state index contributed by atoms with van der Waals surface area (Å²) in [5.41, 5.74) is 0.965. The molecule has 1 N–H and O–H groups in total.